The summed E-state index contributed by atoms with van der Waals surface area (Å²) in [4.78, 5) is 19.8. The van der Waals surface area contributed by atoms with Gasteiger partial charge in [-0.05, 0) is 55.5 Å². The van der Waals surface area contributed by atoms with E-state index >= 15 is 0 Å². The Morgan fingerprint density at radius 2 is 2.00 bits per heavy atom. The van der Waals surface area contributed by atoms with Crippen LogP contribution in [-0.4, -0.2) is 15.9 Å². The monoisotopic (exact) mass is 334 g/mol. The maximum atomic E-state index is 12.6. The first-order valence-electron chi connectivity index (χ1n) is 8.68. The van der Waals surface area contributed by atoms with E-state index in [2.05, 4.69) is 22.2 Å². The summed E-state index contributed by atoms with van der Waals surface area (Å²) in [7, 11) is 0. The third-order valence-electron chi connectivity index (χ3n) is 5.43. The number of aromatic nitrogens is 2. The Kier molecular flexibility index (Phi) is 3.81. The van der Waals surface area contributed by atoms with Gasteiger partial charge in [0.15, 0.2) is 0 Å². The van der Waals surface area contributed by atoms with Crippen LogP contribution in [-0.2, 0) is 5.54 Å². The molecule has 25 heavy (non-hydrogen) atoms. The molecule has 1 fully saturated rings. The summed E-state index contributed by atoms with van der Waals surface area (Å²) in [5.74, 6) is 0.397. The summed E-state index contributed by atoms with van der Waals surface area (Å²) in [5, 5.41) is 3.86. The van der Waals surface area contributed by atoms with E-state index in [0.717, 1.165) is 22.3 Å². The molecule has 0 radical (unpaired) electrons. The zero-order valence-electron chi connectivity index (χ0n) is 14.3. The molecule has 1 aromatic carbocycles. The molecule has 4 rings (SSSR count). The number of fused-ring (bicyclic) bond motifs is 1. The van der Waals surface area contributed by atoms with Crippen molar-refractivity contribution in [1.82, 2.24) is 9.97 Å². The van der Waals surface area contributed by atoms with Crippen molar-refractivity contribution in [3.63, 3.8) is 0 Å². The highest BCUT2D eigenvalue weighted by molar-refractivity contribution is 6.08. The lowest BCUT2D eigenvalue weighted by molar-refractivity contribution is 0.102. The van der Waals surface area contributed by atoms with Crippen LogP contribution in [0.2, 0.25) is 0 Å². The molecular weight excluding hydrogens is 312 g/mol. The van der Waals surface area contributed by atoms with Crippen LogP contribution in [0.5, 0.6) is 0 Å². The van der Waals surface area contributed by atoms with E-state index < -0.39 is 0 Å². The van der Waals surface area contributed by atoms with Crippen LogP contribution in [0.4, 0.5) is 5.69 Å². The predicted molar refractivity (Wildman–Crippen MR) is 99.4 cm³/mol. The Balaban J connectivity index is 1.54. The van der Waals surface area contributed by atoms with Crippen LogP contribution in [0.25, 0.3) is 11.0 Å². The van der Waals surface area contributed by atoms with Crippen LogP contribution in [0.3, 0.4) is 0 Å². The van der Waals surface area contributed by atoms with Gasteiger partial charge in [0.2, 0.25) is 0 Å². The Morgan fingerprint density at radius 3 is 2.68 bits per heavy atom. The van der Waals surface area contributed by atoms with Gasteiger partial charge in [-0.15, -0.1) is 0 Å². The van der Waals surface area contributed by atoms with E-state index in [1.54, 1.807) is 12.3 Å². The molecule has 3 aromatic rings. The molecule has 0 saturated heterocycles. The number of hydrogen-bond acceptors (Lipinski definition) is 3. The zero-order chi connectivity index (χ0) is 17.4. The van der Waals surface area contributed by atoms with Gasteiger partial charge in [0.1, 0.15) is 5.65 Å². The SMILES string of the molecule is CC(N)(c1ccc(C(=O)Nc2ccnc3[nH]ccc23)cc1)C1CCC1. The van der Waals surface area contributed by atoms with E-state index in [0.29, 0.717) is 11.5 Å². The van der Waals surface area contributed by atoms with Gasteiger partial charge < -0.3 is 16.0 Å². The van der Waals surface area contributed by atoms with E-state index in [-0.39, 0.29) is 11.4 Å². The molecule has 4 N–H and O–H groups in total. The molecular formula is C20H22N4O. The van der Waals surface area contributed by atoms with Crippen molar-refractivity contribution in [2.45, 2.75) is 31.7 Å². The van der Waals surface area contributed by atoms with Crippen molar-refractivity contribution in [3.8, 4) is 0 Å². The van der Waals surface area contributed by atoms with Gasteiger partial charge in [-0.3, -0.25) is 4.79 Å². The number of aromatic amines is 1. The first-order chi connectivity index (χ1) is 12.1. The number of anilines is 1. The first kappa shape index (κ1) is 15.8. The molecule has 5 heteroatoms. The number of nitrogens with two attached hydrogens (primary N) is 1. The van der Waals surface area contributed by atoms with Gasteiger partial charge in [-0.25, -0.2) is 4.98 Å². The highest BCUT2D eigenvalue weighted by Gasteiger charge is 2.35. The summed E-state index contributed by atoms with van der Waals surface area (Å²) in [6.07, 6.45) is 7.12. The fourth-order valence-electron chi connectivity index (χ4n) is 3.49. The smallest absolute Gasteiger partial charge is 0.255 e. The summed E-state index contributed by atoms with van der Waals surface area (Å²) in [6.45, 7) is 2.09. The third-order valence-corrected chi connectivity index (χ3v) is 5.43. The fraction of sp³-hybridized carbons (Fsp3) is 0.300. The second kappa shape index (κ2) is 6.01. The molecule has 0 spiro atoms. The minimum atomic E-state index is -0.324. The maximum Gasteiger partial charge on any atom is 0.255 e. The first-order valence-corrected chi connectivity index (χ1v) is 8.68. The Labute approximate surface area is 146 Å². The maximum absolute atomic E-state index is 12.6. The van der Waals surface area contributed by atoms with Crippen molar-refractivity contribution in [3.05, 3.63) is 59.9 Å². The van der Waals surface area contributed by atoms with Crippen LogP contribution < -0.4 is 11.1 Å². The largest absolute Gasteiger partial charge is 0.346 e. The van der Waals surface area contributed by atoms with Crippen molar-refractivity contribution >= 4 is 22.6 Å². The van der Waals surface area contributed by atoms with E-state index in [9.17, 15) is 4.79 Å². The van der Waals surface area contributed by atoms with Crippen LogP contribution in [0.15, 0.2) is 48.8 Å². The minimum absolute atomic E-state index is 0.136. The average Bonchev–Trinajstić information content (AvgIpc) is 3.02. The molecule has 1 saturated carbocycles. The van der Waals surface area contributed by atoms with Crippen LogP contribution >= 0.6 is 0 Å². The number of H-pyrrole nitrogens is 1. The molecule has 128 valence electrons. The predicted octanol–water partition coefficient (Wildman–Crippen LogP) is 3.79. The van der Waals surface area contributed by atoms with Crippen molar-refractivity contribution in [2.75, 3.05) is 5.32 Å². The van der Waals surface area contributed by atoms with Gasteiger partial charge in [0.25, 0.3) is 5.91 Å². The normalized spacial score (nSPS) is 17.0. The topological polar surface area (TPSA) is 83.8 Å². The fourth-order valence-corrected chi connectivity index (χ4v) is 3.49. The lowest BCUT2D eigenvalue weighted by atomic mass is 9.69. The second-order valence-electron chi connectivity index (χ2n) is 7.04. The third kappa shape index (κ3) is 2.81. The summed E-state index contributed by atoms with van der Waals surface area (Å²) < 4.78 is 0. The van der Waals surface area contributed by atoms with Crippen molar-refractivity contribution in [1.29, 1.82) is 0 Å². The Bertz CT molecular complexity index is 907. The van der Waals surface area contributed by atoms with Gasteiger partial charge in [0, 0.05) is 28.9 Å². The minimum Gasteiger partial charge on any atom is -0.346 e. The number of benzene rings is 1. The summed E-state index contributed by atoms with van der Waals surface area (Å²) in [5.41, 5.74) is 9.42. The highest BCUT2D eigenvalue weighted by atomic mass is 16.1. The Morgan fingerprint density at radius 1 is 1.24 bits per heavy atom. The number of nitrogens with zero attached hydrogens (tertiary/aromatic N) is 1. The van der Waals surface area contributed by atoms with Gasteiger partial charge in [-0.1, -0.05) is 18.6 Å². The molecule has 1 amide bonds. The van der Waals surface area contributed by atoms with Crippen LogP contribution in [0.1, 0.15) is 42.1 Å². The van der Waals surface area contributed by atoms with Gasteiger partial charge >= 0.3 is 0 Å². The van der Waals surface area contributed by atoms with E-state index in [1.165, 1.54) is 19.3 Å². The molecule has 5 nitrogen and oxygen atoms in total. The summed E-state index contributed by atoms with van der Waals surface area (Å²) in [6, 6.07) is 11.4. The molecule has 1 atom stereocenters. The number of carbonyl (C=O) groups is 1. The lowest BCUT2D eigenvalue weighted by Gasteiger charge is -2.40. The van der Waals surface area contributed by atoms with Gasteiger partial charge in [-0.2, -0.15) is 0 Å². The lowest BCUT2D eigenvalue weighted by Crippen LogP contribution is -2.44. The zero-order valence-corrected chi connectivity index (χ0v) is 14.3. The summed E-state index contributed by atoms with van der Waals surface area (Å²) >= 11 is 0. The quantitative estimate of drug-likeness (QED) is 0.679. The van der Waals surface area contributed by atoms with Crippen LogP contribution in [0, 0.1) is 5.92 Å². The van der Waals surface area contributed by atoms with Crippen molar-refractivity contribution in [2.24, 2.45) is 11.7 Å². The number of carbonyl (C=O) groups excluding carboxylic acids is 1. The molecule has 2 aromatic heterocycles. The molecule has 0 aliphatic heterocycles. The molecule has 1 aliphatic carbocycles. The van der Waals surface area contributed by atoms with E-state index in [1.807, 2.05) is 36.5 Å². The van der Waals surface area contributed by atoms with Gasteiger partial charge in [0.05, 0.1) is 5.69 Å². The number of pyridine rings is 1. The Hall–Kier alpha value is -2.66. The molecule has 0 bridgehead atoms. The number of rotatable bonds is 4. The second-order valence-corrected chi connectivity index (χ2v) is 7.04. The standard InChI is InChI=1S/C20H22N4O/c1-20(21,14-3-2-4-14)15-7-5-13(6-8-15)19(25)24-17-10-12-23-18-16(17)9-11-22-18/h5-12,14H,2-4,21H2,1H3,(H2,22,23,24,25). The molecule has 2 heterocycles. The number of hydrogen-bond donors (Lipinski definition) is 3. The van der Waals surface area contributed by atoms with E-state index in [4.69, 9.17) is 5.73 Å². The molecule has 1 aliphatic rings. The number of amides is 1. The average molecular weight is 334 g/mol. The van der Waals surface area contributed by atoms with Crippen molar-refractivity contribution < 1.29 is 4.79 Å². The molecule has 1 unspecified atom stereocenters. The highest BCUT2D eigenvalue weighted by Crippen LogP contribution is 2.40. The number of nitrogens with one attached hydrogen (secondary N) is 2.